The maximum Gasteiger partial charge on any atom is 0.338 e. The molecule has 0 radical (unpaired) electrons. The number of hydrogen-bond acceptors (Lipinski definition) is 6. The fourth-order valence-corrected chi connectivity index (χ4v) is 4.55. The van der Waals surface area contributed by atoms with Crippen molar-refractivity contribution < 1.29 is 19.1 Å². The smallest absolute Gasteiger partial charge is 0.338 e. The van der Waals surface area contributed by atoms with Gasteiger partial charge in [0.2, 0.25) is 0 Å². The van der Waals surface area contributed by atoms with E-state index in [0.717, 1.165) is 28.6 Å². The van der Waals surface area contributed by atoms with Crippen LogP contribution in [0.4, 0.5) is 5.13 Å². The van der Waals surface area contributed by atoms with E-state index >= 15 is 0 Å². The lowest BCUT2D eigenvalue weighted by Gasteiger charge is -2.23. The average Bonchev–Trinajstić information content (AvgIpc) is 3.40. The van der Waals surface area contributed by atoms with Crippen LogP contribution in [0.2, 0.25) is 0 Å². The SMILES string of the molecule is COC(=O)c1ccccc1C(=O)N(CC1CCCO1)c1nc2ccc(C)cc2s1. The fourth-order valence-electron chi connectivity index (χ4n) is 3.48. The third-order valence-corrected chi connectivity index (χ3v) is 6.02. The lowest BCUT2D eigenvalue weighted by molar-refractivity contribution is 0.0596. The quantitative estimate of drug-likeness (QED) is 0.589. The molecule has 0 spiro atoms. The maximum absolute atomic E-state index is 13.5. The molecule has 1 aliphatic heterocycles. The summed E-state index contributed by atoms with van der Waals surface area (Å²) in [7, 11) is 1.31. The summed E-state index contributed by atoms with van der Waals surface area (Å²) >= 11 is 1.47. The summed E-state index contributed by atoms with van der Waals surface area (Å²) in [4.78, 5) is 32.1. The van der Waals surface area contributed by atoms with Crippen LogP contribution in [-0.2, 0) is 9.47 Å². The zero-order chi connectivity index (χ0) is 20.4. The molecule has 4 rings (SSSR count). The number of carbonyl (C=O) groups excluding carboxylic acids is 2. The van der Waals surface area contributed by atoms with Gasteiger partial charge in [-0.05, 0) is 49.6 Å². The van der Waals surface area contributed by atoms with Crippen LogP contribution >= 0.6 is 11.3 Å². The van der Waals surface area contributed by atoms with Crippen molar-refractivity contribution in [3.05, 3.63) is 59.2 Å². The molecule has 7 heteroatoms. The molecule has 1 atom stereocenters. The standard InChI is InChI=1S/C22H22N2O4S/c1-14-9-10-18-19(12-14)29-22(23-18)24(13-15-6-5-11-28-15)20(25)16-7-3-4-8-17(16)21(26)27-2/h3-4,7-10,12,15H,5-6,11,13H2,1-2H3. The van der Waals surface area contributed by atoms with E-state index < -0.39 is 5.97 Å². The van der Waals surface area contributed by atoms with Gasteiger partial charge >= 0.3 is 5.97 Å². The number of anilines is 1. The van der Waals surface area contributed by atoms with Crippen LogP contribution in [0.25, 0.3) is 10.2 Å². The number of rotatable bonds is 5. The molecule has 2 heterocycles. The largest absolute Gasteiger partial charge is 0.465 e. The van der Waals surface area contributed by atoms with Gasteiger partial charge in [0.1, 0.15) is 0 Å². The first kappa shape index (κ1) is 19.5. The molecule has 1 aromatic heterocycles. The van der Waals surface area contributed by atoms with Gasteiger partial charge in [0, 0.05) is 6.61 Å². The Morgan fingerprint density at radius 2 is 2.03 bits per heavy atom. The normalized spacial score (nSPS) is 16.1. The van der Waals surface area contributed by atoms with E-state index in [-0.39, 0.29) is 17.6 Å². The number of hydrogen-bond donors (Lipinski definition) is 0. The van der Waals surface area contributed by atoms with Gasteiger partial charge in [0.05, 0.1) is 41.1 Å². The topological polar surface area (TPSA) is 68.7 Å². The number of carbonyl (C=O) groups is 2. The number of aromatic nitrogens is 1. The fraction of sp³-hybridized carbons (Fsp3) is 0.318. The van der Waals surface area contributed by atoms with Crippen molar-refractivity contribution >= 4 is 38.6 Å². The number of nitrogens with zero attached hydrogens (tertiary/aromatic N) is 2. The number of ether oxygens (including phenoxy) is 2. The van der Waals surface area contributed by atoms with Gasteiger partial charge in [0.15, 0.2) is 5.13 Å². The lowest BCUT2D eigenvalue weighted by Crippen LogP contribution is -2.38. The summed E-state index contributed by atoms with van der Waals surface area (Å²) in [6.45, 7) is 3.12. The van der Waals surface area contributed by atoms with Crippen molar-refractivity contribution in [2.45, 2.75) is 25.9 Å². The first-order valence-electron chi connectivity index (χ1n) is 9.55. The van der Waals surface area contributed by atoms with E-state index in [1.807, 2.05) is 19.1 Å². The second kappa shape index (κ2) is 8.31. The second-order valence-corrected chi connectivity index (χ2v) is 8.06. The number of methoxy groups -OCH3 is 1. The van der Waals surface area contributed by atoms with E-state index in [4.69, 9.17) is 9.47 Å². The molecular formula is C22H22N2O4S. The van der Waals surface area contributed by atoms with Gasteiger partial charge in [-0.2, -0.15) is 0 Å². The molecule has 29 heavy (non-hydrogen) atoms. The minimum Gasteiger partial charge on any atom is -0.465 e. The van der Waals surface area contributed by atoms with E-state index in [1.165, 1.54) is 18.4 Å². The Labute approximate surface area is 173 Å². The first-order chi connectivity index (χ1) is 14.1. The van der Waals surface area contributed by atoms with E-state index in [1.54, 1.807) is 29.2 Å². The van der Waals surface area contributed by atoms with Gasteiger partial charge in [-0.1, -0.05) is 29.5 Å². The third kappa shape index (κ3) is 4.02. The highest BCUT2D eigenvalue weighted by Crippen LogP contribution is 2.32. The molecule has 3 aromatic rings. The van der Waals surface area contributed by atoms with Crippen LogP contribution in [0.1, 0.15) is 39.1 Å². The third-order valence-electron chi connectivity index (χ3n) is 4.98. The predicted octanol–water partition coefficient (Wildman–Crippen LogP) is 4.22. The molecule has 1 amide bonds. The van der Waals surface area contributed by atoms with Crippen LogP contribution in [0, 0.1) is 6.92 Å². The Morgan fingerprint density at radius 3 is 2.76 bits per heavy atom. The summed E-state index contributed by atoms with van der Waals surface area (Å²) in [5.74, 6) is -0.816. The van der Waals surface area contributed by atoms with Crippen molar-refractivity contribution in [1.82, 2.24) is 4.98 Å². The van der Waals surface area contributed by atoms with Crippen molar-refractivity contribution in [3.63, 3.8) is 0 Å². The zero-order valence-corrected chi connectivity index (χ0v) is 17.2. The van der Waals surface area contributed by atoms with E-state index in [9.17, 15) is 9.59 Å². The number of amides is 1. The van der Waals surface area contributed by atoms with Gasteiger partial charge in [-0.15, -0.1) is 0 Å². The molecule has 2 aromatic carbocycles. The molecule has 1 aliphatic rings. The number of fused-ring (bicyclic) bond motifs is 1. The highest BCUT2D eigenvalue weighted by Gasteiger charge is 2.29. The van der Waals surface area contributed by atoms with Crippen LogP contribution in [0.5, 0.6) is 0 Å². The molecule has 0 saturated carbocycles. The highest BCUT2D eigenvalue weighted by molar-refractivity contribution is 7.22. The maximum atomic E-state index is 13.5. The van der Waals surface area contributed by atoms with E-state index in [0.29, 0.717) is 23.8 Å². The van der Waals surface area contributed by atoms with Gasteiger partial charge in [0.25, 0.3) is 5.91 Å². The number of esters is 1. The minimum atomic E-state index is -0.536. The van der Waals surface area contributed by atoms with Crippen LogP contribution in [-0.4, -0.2) is 43.2 Å². The zero-order valence-electron chi connectivity index (χ0n) is 16.4. The van der Waals surface area contributed by atoms with Crippen LogP contribution in [0.3, 0.4) is 0 Å². The lowest BCUT2D eigenvalue weighted by atomic mass is 10.1. The molecular weight excluding hydrogens is 388 g/mol. The molecule has 1 unspecified atom stereocenters. The van der Waals surface area contributed by atoms with Crippen molar-refractivity contribution in [1.29, 1.82) is 0 Å². The molecule has 150 valence electrons. The van der Waals surface area contributed by atoms with E-state index in [2.05, 4.69) is 11.1 Å². The Morgan fingerprint density at radius 1 is 1.24 bits per heavy atom. The number of thiazole rings is 1. The molecule has 1 fully saturated rings. The summed E-state index contributed by atoms with van der Waals surface area (Å²) in [5.41, 5.74) is 2.53. The summed E-state index contributed by atoms with van der Waals surface area (Å²) in [6, 6.07) is 12.7. The number of benzene rings is 2. The Kier molecular flexibility index (Phi) is 5.60. The first-order valence-corrected chi connectivity index (χ1v) is 10.4. The summed E-state index contributed by atoms with van der Waals surface area (Å²) < 4.78 is 11.7. The monoisotopic (exact) mass is 410 g/mol. The molecule has 1 saturated heterocycles. The molecule has 0 aliphatic carbocycles. The highest BCUT2D eigenvalue weighted by atomic mass is 32.1. The van der Waals surface area contributed by atoms with Gasteiger partial charge in [-0.3, -0.25) is 9.69 Å². The molecule has 6 nitrogen and oxygen atoms in total. The van der Waals surface area contributed by atoms with Crippen LogP contribution < -0.4 is 4.90 Å². The second-order valence-electron chi connectivity index (χ2n) is 7.06. The van der Waals surface area contributed by atoms with Crippen molar-refractivity contribution in [2.24, 2.45) is 0 Å². The predicted molar refractivity (Wildman–Crippen MR) is 113 cm³/mol. The Bertz CT molecular complexity index is 1060. The summed E-state index contributed by atoms with van der Waals surface area (Å²) in [6.07, 6.45) is 1.83. The summed E-state index contributed by atoms with van der Waals surface area (Å²) in [5, 5.41) is 0.603. The Balaban J connectivity index is 1.75. The number of aryl methyl sites for hydroxylation is 1. The van der Waals surface area contributed by atoms with Gasteiger partial charge < -0.3 is 9.47 Å². The van der Waals surface area contributed by atoms with Crippen molar-refractivity contribution in [3.8, 4) is 0 Å². The van der Waals surface area contributed by atoms with Crippen LogP contribution in [0.15, 0.2) is 42.5 Å². The Hall–Kier alpha value is -2.77. The van der Waals surface area contributed by atoms with Gasteiger partial charge in [-0.25, -0.2) is 9.78 Å². The minimum absolute atomic E-state index is 0.0435. The molecule has 0 N–H and O–H groups in total. The van der Waals surface area contributed by atoms with Crippen molar-refractivity contribution in [2.75, 3.05) is 25.2 Å². The average molecular weight is 410 g/mol. The molecule has 0 bridgehead atoms.